The van der Waals surface area contributed by atoms with Crippen LogP contribution in [-0.2, 0) is 11.2 Å². The average molecular weight is 414 g/mol. The molecule has 0 amide bonds. The molecule has 0 N–H and O–H groups in total. The molecule has 152 valence electrons. The molecule has 0 aliphatic heterocycles. The summed E-state index contributed by atoms with van der Waals surface area (Å²) in [6.07, 6.45) is -9.99. The zero-order valence-electron chi connectivity index (χ0n) is 15.0. The van der Waals surface area contributed by atoms with Crippen LogP contribution in [0.4, 0.5) is 32.0 Å². The van der Waals surface area contributed by atoms with E-state index >= 15 is 0 Å². The fraction of sp³-hybridized carbons (Fsp3) is 0.529. The van der Waals surface area contributed by atoms with Crippen molar-refractivity contribution in [1.82, 2.24) is 0 Å². The Labute approximate surface area is 157 Å². The van der Waals surface area contributed by atoms with Gasteiger partial charge in [0.15, 0.2) is 6.10 Å². The van der Waals surface area contributed by atoms with Gasteiger partial charge in [-0.2, -0.15) is 26.3 Å². The van der Waals surface area contributed by atoms with Crippen LogP contribution < -0.4 is 0 Å². The Morgan fingerprint density at radius 2 is 1.85 bits per heavy atom. The second-order valence-electron chi connectivity index (χ2n) is 5.52. The molecule has 0 spiro atoms. The van der Waals surface area contributed by atoms with E-state index in [1.54, 1.807) is 13.3 Å². The third-order valence-electron chi connectivity index (χ3n) is 3.59. The number of thioether (sulfide) groups is 1. The Morgan fingerprint density at radius 3 is 2.26 bits per heavy atom. The molecule has 0 heterocycles. The van der Waals surface area contributed by atoms with Crippen molar-refractivity contribution in [2.24, 2.45) is 9.98 Å². The van der Waals surface area contributed by atoms with Gasteiger partial charge in [0.1, 0.15) is 6.61 Å². The molecule has 0 saturated heterocycles. The third kappa shape index (κ3) is 6.24. The van der Waals surface area contributed by atoms with Crippen LogP contribution in [0.2, 0.25) is 0 Å². The normalized spacial score (nSPS) is 14.3. The number of hydrogen-bond acceptors (Lipinski definition) is 4. The first-order valence-corrected chi connectivity index (χ1v) is 9.11. The van der Waals surface area contributed by atoms with Gasteiger partial charge in [0.05, 0.1) is 10.7 Å². The summed E-state index contributed by atoms with van der Waals surface area (Å²) in [6.45, 7) is 3.12. The second-order valence-corrected chi connectivity index (χ2v) is 6.31. The fourth-order valence-corrected chi connectivity index (χ4v) is 3.21. The van der Waals surface area contributed by atoms with Crippen molar-refractivity contribution in [3.05, 3.63) is 28.8 Å². The van der Waals surface area contributed by atoms with Crippen molar-refractivity contribution in [1.29, 1.82) is 0 Å². The summed E-state index contributed by atoms with van der Waals surface area (Å²) in [7, 11) is 1.54. The van der Waals surface area contributed by atoms with Gasteiger partial charge in [-0.25, -0.2) is 0 Å². The molecule has 10 heteroatoms. The molecule has 27 heavy (non-hydrogen) atoms. The maximum atomic E-state index is 13.4. The van der Waals surface area contributed by atoms with Crippen molar-refractivity contribution in [2.45, 2.75) is 38.2 Å². The van der Waals surface area contributed by atoms with Gasteiger partial charge < -0.3 is 4.74 Å². The van der Waals surface area contributed by atoms with E-state index in [1.807, 2.05) is 6.92 Å². The summed E-state index contributed by atoms with van der Waals surface area (Å²) in [5.41, 5.74) is 0.416. The molecule has 0 radical (unpaired) electrons. The smallest absolute Gasteiger partial charge is 0.355 e. The lowest BCUT2D eigenvalue weighted by Crippen LogP contribution is -2.28. The summed E-state index contributed by atoms with van der Waals surface area (Å²) in [5, 5.41) is 0.578. The van der Waals surface area contributed by atoms with Gasteiger partial charge in [0.2, 0.25) is 0 Å². The molecule has 0 saturated carbocycles. The largest absolute Gasteiger partial charge is 0.418 e. The first-order chi connectivity index (χ1) is 12.5. The molecule has 0 aromatic heterocycles. The minimum atomic E-state index is -5.04. The Hall–Kier alpha value is -1.55. The zero-order valence-corrected chi connectivity index (χ0v) is 15.9. The first-order valence-electron chi connectivity index (χ1n) is 7.88. The van der Waals surface area contributed by atoms with Crippen LogP contribution in [0.25, 0.3) is 0 Å². The van der Waals surface area contributed by atoms with Crippen LogP contribution in [0, 0.1) is 0 Å². The monoisotopic (exact) mass is 414 g/mol. The topological polar surface area (TPSA) is 34.0 Å². The van der Waals surface area contributed by atoms with Gasteiger partial charge in [0.25, 0.3) is 0 Å². The molecule has 1 aromatic rings. The third-order valence-corrected chi connectivity index (χ3v) is 4.38. The van der Waals surface area contributed by atoms with Crippen LogP contribution in [0.1, 0.15) is 36.1 Å². The standard InChI is InChI=1S/C17H20F6N2OS/c1-5-6-10-11(15(25-3)27-4)7-8-12(13(10)24-2)14(17(21,22)23)26-9-16(18,19)20/h7-8,14H,2,5-6,9H2,1,3-4H3/b25-15-. The van der Waals surface area contributed by atoms with Crippen molar-refractivity contribution in [2.75, 3.05) is 19.9 Å². The van der Waals surface area contributed by atoms with Crippen molar-refractivity contribution in [3.8, 4) is 0 Å². The van der Waals surface area contributed by atoms with E-state index in [-0.39, 0.29) is 5.69 Å². The Balaban J connectivity index is 3.60. The highest BCUT2D eigenvalue weighted by molar-refractivity contribution is 8.13. The molecule has 0 aliphatic rings. The Morgan fingerprint density at radius 1 is 1.22 bits per heavy atom. The van der Waals surface area contributed by atoms with Crippen molar-refractivity contribution >= 4 is 29.2 Å². The number of nitrogens with zero attached hydrogens (tertiary/aromatic N) is 2. The van der Waals surface area contributed by atoms with Gasteiger partial charge in [-0.15, -0.1) is 11.8 Å². The molecule has 1 rings (SSSR count). The van der Waals surface area contributed by atoms with E-state index < -0.39 is 30.6 Å². The second kappa shape index (κ2) is 9.59. The average Bonchev–Trinajstić information content (AvgIpc) is 2.55. The summed E-state index contributed by atoms with van der Waals surface area (Å²) in [5.74, 6) is 0. The van der Waals surface area contributed by atoms with Gasteiger partial charge in [-0.1, -0.05) is 25.5 Å². The molecule has 3 nitrogen and oxygen atoms in total. The molecule has 0 fully saturated rings. The van der Waals surface area contributed by atoms with E-state index in [1.165, 1.54) is 17.8 Å². The number of rotatable bonds is 7. The highest BCUT2D eigenvalue weighted by Gasteiger charge is 2.45. The Kier molecular flexibility index (Phi) is 8.34. The predicted molar refractivity (Wildman–Crippen MR) is 96.4 cm³/mol. The molecular formula is C17H20F6N2OS. The fourth-order valence-electron chi connectivity index (χ4n) is 2.62. The number of ether oxygens (including phenoxy) is 1. The predicted octanol–water partition coefficient (Wildman–Crippen LogP) is 5.89. The van der Waals surface area contributed by atoms with Crippen LogP contribution >= 0.6 is 11.8 Å². The summed E-state index contributed by atoms with van der Waals surface area (Å²) in [4.78, 5) is 7.81. The van der Waals surface area contributed by atoms with E-state index in [4.69, 9.17) is 0 Å². The van der Waals surface area contributed by atoms with Crippen LogP contribution in [0.15, 0.2) is 22.1 Å². The van der Waals surface area contributed by atoms with Gasteiger partial charge in [-0.05, 0) is 25.0 Å². The van der Waals surface area contributed by atoms with E-state index in [0.29, 0.717) is 29.0 Å². The summed E-state index contributed by atoms with van der Waals surface area (Å²) >= 11 is 1.30. The van der Waals surface area contributed by atoms with E-state index in [9.17, 15) is 26.3 Å². The highest BCUT2D eigenvalue weighted by atomic mass is 32.2. The van der Waals surface area contributed by atoms with Gasteiger partial charge in [-0.3, -0.25) is 9.98 Å². The molecule has 0 aliphatic carbocycles. The first kappa shape index (κ1) is 23.5. The molecule has 1 aromatic carbocycles. The van der Waals surface area contributed by atoms with Crippen molar-refractivity contribution < 1.29 is 31.1 Å². The minimum absolute atomic E-state index is 0.117. The minimum Gasteiger partial charge on any atom is -0.355 e. The van der Waals surface area contributed by atoms with Crippen molar-refractivity contribution in [3.63, 3.8) is 0 Å². The van der Waals surface area contributed by atoms with E-state index in [0.717, 1.165) is 6.07 Å². The molecule has 1 atom stereocenters. The van der Waals surface area contributed by atoms with Gasteiger partial charge >= 0.3 is 12.4 Å². The van der Waals surface area contributed by atoms with Crippen LogP contribution in [0.3, 0.4) is 0 Å². The zero-order chi connectivity index (χ0) is 20.8. The Bertz CT molecular complexity index is 685. The quantitative estimate of drug-likeness (QED) is 0.317. The summed E-state index contributed by atoms with van der Waals surface area (Å²) < 4.78 is 81.7. The number of aliphatic imine (C=N–C) groups is 2. The van der Waals surface area contributed by atoms with Crippen LogP contribution in [-0.4, -0.2) is 44.0 Å². The number of halogens is 6. The number of alkyl halides is 6. The lowest BCUT2D eigenvalue weighted by Gasteiger charge is -2.25. The highest BCUT2D eigenvalue weighted by Crippen LogP contribution is 2.43. The SMILES string of the molecule is C=Nc1c(C(OCC(F)(F)F)C(F)(F)F)ccc(/C(=N/C)SC)c1CCC. The molecular weight excluding hydrogens is 394 g/mol. The van der Waals surface area contributed by atoms with Gasteiger partial charge in [0, 0.05) is 18.2 Å². The lowest BCUT2D eigenvalue weighted by molar-refractivity contribution is -0.257. The number of benzene rings is 1. The number of hydrogen-bond donors (Lipinski definition) is 0. The van der Waals surface area contributed by atoms with Crippen LogP contribution in [0.5, 0.6) is 0 Å². The maximum absolute atomic E-state index is 13.4. The summed E-state index contributed by atoms with van der Waals surface area (Å²) in [6, 6.07) is 2.48. The lowest BCUT2D eigenvalue weighted by atomic mass is 9.94. The van der Waals surface area contributed by atoms with E-state index in [2.05, 4.69) is 21.4 Å². The molecule has 0 bridgehead atoms. The maximum Gasteiger partial charge on any atom is 0.418 e. The molecule has 1 unspecified atom stereocenters.